The maximum absolute atomic E-state index is 12.9. The molecule has 1 saturated carbocycles. The van der Waals surface area contributed by atoms with Gasteiger partial charge in [0.25, 0.3) is 5.91 Å². The number of nitrogens with zero attached hydrogens (tertiary/aromatic N) is 1. The second-order valence-electron chi connectivity index (χ2n) is 6.25. The van der Waals surface area contributed by atoms with Gasteiger partial charge < -0.3 is 15.4 Å². The van der Waals surface area contributed by atoms with E-state index in [4.69, 9.17) is 10.5 Å². The zero-order valence-corrected chi connectivity index (χ0v) is 12.7. The molecule has 2 atom stereocenters. The Kier molecular flexibility index (Phi) is 4.04. The van der Waals surface area contributed by atoms with Crippen LogP contribution < -0.4 is 10.5 Å². The second kappa shape index (κ2) is 5.96. The van der Waals surface area contributed by atoms with Crippen LogP contribution in [0.5, 0.6) is 5.75 Å². The lowest BCUT2D eigenvalue weighted by atomic mass is 9.78. The Balaban J connectivity index is 1.85. The molecule has 1 aliphatic heterocycles. The Hall–Kier alpha value is -1.71. The van der Waals surface area contributed by atoms with Crippen LogP contribution in [-0.4, -0.2) is 30.5 Å². The summed E-state index contributed by atoms with van der Waals surface area (Å²) in [5.41, 5.74) is 7.11. The minimum absolute atomic E-state index is 0.109. The Morgan fingerprint density at radius 1 is 1.19 bits per heavy atom. The van der Waals surface area contributed by atoms with E-state index in [1.807, 2.05) is 0 Å². The first-order chi connectivity index (χ1) is 10.2. The van der Waals surface area contributed by atoms with Crippen LogP contribution in [0.25, 0.3) is 0 Å². The summed E-state index contributed by atoms with van der Waals surface area (Å²) < 4.78 is 5.23. The number of carbonyl (C=O) groups is 1. The fraction of sp³-hybridized carbons (Fsp3) is 0.588. The summed E-state index contributed by atoms with van der Waals surface area (Å²) in [6.07, 6.45) is 7.37. The van der Waals surface area contributed by atoms with Gasteiger partial charge in [-0.15, -0.1) is 0 Å². The minimum atomic E-state index is 0.109. The van der Waals surface area contributed by atoms with E-state index in [2.05, 4.69) is 4.90 Å². The van der Waals surface area contributed by atoms with Gasteiger partial charge in [-0.1, -0.05) is 12.8 Å². The van der Waals surface area contributed by atoms with Crippen molar-refractivity contribution in [2.45, 2.75) is 44.6 Å². The monoisotopic (exact) mass is 288 g/mol. The van der Waals surface area contributed by atoms with Crippen molar-refractivity contribution in [1.82, 2.24) is 4.90 Å². The van der Waals surface area contributed by atoms with E-state index < -0.39 is 0 Å². The standard InChI is InChI=1S/C17H24N2O2/c1-21-15-10-13(9-14(18)11-15)17(20)19-8-4-6-12-5-2-3-7-16(12)19/h9-12,16H,2-8,18H2,1H3/t12-,16-/m1/s1. The Morgan fingerprint density at radius 2 is 1.95 bits per heavy atom. The number of piperidine rings is 1. The molecule has 0 bridgehead atoms. The van der Waals surface area contributed by atoms with Gasteiger partial charge in [0.2, 0.25) is 0 Å². The Labute approximate surface area is 126 Å². The SMILES string of the molecule is COc1cc(N)cc(C(=O)N2CCC[C@H]3CCCC[C@H]32)c1. The van der Waals surface area contributed by atoms with Gasteiger partial charge in [0.15, 0.2) is 0 Å². The molecular weight excluding hydrogens is 264 g/mol. The molecule has 0 spiro atoms. The molecule has 1 heterocycles. The zero-order valence-electron chi connectivity index (χ0n) is 12.7. The fourth-order valence-corrected chi connectivity index (χ4v) is 3.91. The molecule has 1 aromatic carbocycles. The molecule has 2 aliphatic rings. The number of amides is 1. The third kappa shape index (κ3) is 2.85. The number of methoxy groups -OCH3 is 1. The third-order valence-corrected chi connectivity index (χ3v) is 4.92. The highest BCUT2D eigenvalue weighted by atomic mass is 16.5. The van der Waals surface area contributed by atoms with Crippen LogP contribution in [0.3, 0.4) is 0 Å². The van der Waals surface area contributed by atoms with Crippen LogP contribution in [0, 0.1) is 5.92 Å². The van der Waals surface area contributed by atoms with Gasteiger partial charge in [0.1, 0.15) is 5.75 Å². The third-order valence-electron chi connectivity index (χ3n) is 4.92. The van der Waals surface area contributed by atoms with Gasteiger partial charge >= 0.3 is 0 Å². The molecule has 4 nitrogen and oxygen atoms in total. The number of fused-ring (bicyclic) bond motifs is 1. The smallest absolute Gasteiger partial charge is 0.254 e. The lowest BCUT2D eigenvalue weighted by molar-refractivity contribution is 0.0390. The molecule has 0 radical (unpaired) electrons. The van der Waals surface area contributed by atoms with Crippen LogP contribution >= 0.6 is 0 Å². The highest BCUT2D eigenvalue weighted by Crippen LogP contribution is 2.36. The van der Waals surface area contributed by atoms with E-state index in [1.54, 1.807) is 25.3 Å². The van der Waals surface area contributed by atoms with Crippen LogP contribution in [0.15, 0.2) is 18.2 Å². The predicted octanol–water partition coefficient (Wildman–Crippen LogP) is 3.07. The van der Waals surface area contributed by atoms with Gasteiger partial charge in [-0.2, -0.15) is 0 Å². The largest absolute Gasteiger partial charge is 0.497 e. The molecule has 0 aromatic heterocycles. The fourth-order valence-electron chi connectivity index (χ4n) is 3.91. The molecule has 21 heavy (non-hydrogen) atoms. The number of anilines is 1. The highest BCUT2D eigenvalue weighted by Gasteiger charge is 2.36. The van der Waals surface area contributed by atoms with Gasteiger partial charge in [-0.3, -0.25) is 4.79 Å². The maximum atomic E-state index is 12.9. The van der Waals surface area contributed by atoms with E-state index in [-0.39, 0.29) is 5.91 Å². The molecular formula is C17H24N2O2. The van der Waals surface area contributed by atoms with Gasteiger partial charge in [-0.25, -0.2) is 0 Å². The molecule has 114 valence electrons. The van der Waals surface area contributed by atoms with Crippen molar-refractivity contribution in [3.63, 3.8) is 0 Å². The van der Waals surface area contributed by atoms with Gasteiger partial charge in [-0.05, 0) is 43.7 Å². The van der Waals surface area contributed by atoms with Crippen molar-refractivity contribution in [2.24, 2.45) is 5.92 Å². The van der Waals surface area contributed by atoms with E-state index in [1.165, 1.54) is 25.7 Å². The predicted molar refractivity (Wildman–Crippen MR) is 83.4 cm³/mol. The van der Waals surface area contributed by atoms with Crippen molar-refractivity contribution in [3.8, 4) is 5.75 Å². The summed E-state index contributed by atoms with van der Waals surface area (Å²) in [5.74, 6) is 1.45. The number of likely N-dealkylation sites (tertiary alicyclic amines) is 1. The number of hydrogen-bond donors (Lipinski definition) is 1. The van der Waals surface area contributed by atoms with Crippen molar-refractivity contribution in [3.05, 3.63) is 23.8 Å². The Morgan fingerprint density at radius 3 is 2.76 bits per heavy atom. The normalized spacial score (nSPS) is 25.3. The molecule has 1 saturated heterocycles. The Bertz CT molecular complexity index is 528. The summed E-state index contributed by atoms with van der Waals surface area (Å²) in [6, 6.07) is 5.73. The number of nitrogen functional groups attached to an aromatic ring is 1. The van der Waals surface area contributed by atoms with Crippen molar-refractivity contribution in [1.29, 1.82) is 0 Å². The first-order valence-electron chi connectivity index (χ1n) is 7.94. The molecule has 1 amide bonds. The summed E-state index contributed by atoms with van der Waals surface area (Å²) in [4.78, 5) is 15.0. The van der Waals surface area contributed by atoms with Crippen molar-refractivity contribution in [2.75, 3.05) is 19.4 Å². The topological polar surface area (TPSA) is 55.6 Å². The number of carbonyl (C=O) groups excluding carboxylic acids is 1. The van der Waals surface area contributed by atoms with Crippen LogP contribution in [0.2, 0.25) is 0 Å². The van der Waals surface area contributed by atoms with Crippen LogP contribution in [0.1, 0.15) is 48.9 Å². The van der Waals surface area contributed by atoms with Gasteiger partial charge in [0, 0.05) is 29.9 Å². The van der Waals surface area contributed by atoms with Crippen LogP contribution in [-0.2, 0) is 0 Å². The second-order valence-corrected chi connectivity index (χ2v) is 6.25. The van der Waals surface area contributed by atoms with Crippen LogP contribution in [0.4, 0.5) is 5.69 Å². The number of rotatable bonds is 2. The lowest BCUT2D eigenvalue weighted by Crippen LogP contribution is -2.49. The zero-order chi connectivity index (χ0) is 14.8. The number of hydrogen-bond acceptors (Lipinski definition) is 3. The quantitative estimate of drug-likeness (QED) is 0.851. The van der Waals surface area contributed by atoms with Crippen molar-refractivity contribution >= 4 is 11.6 Å². The molecule has 1 aromatic rings. The van der Waals surface area contributed by atoms with E-state index in [9.17, 15) is 4.79 Å². The maximum Gasteiger partial charge on any atom is 0.254 e. The van der Waals surface area contributed by atoms with E-state index in [0.717, 1.165) is 19.4 Å². The highest BCUT2D eigenvalue weighted by molar-refractivity contribution is 5.96. The number of ether oxygens (including phenoxy) is 1. The summed E-state index contributed by atoms with van der Waals surface area (Å²) >= 11 is 0. The summed E-state index contributed by atoms with van der Waals surface area (Å²) in [7, 11) is 1.60. The lowest BCUT2D eigenvalue weighted by Gasteiger charge is -2.44. The molecule has 4 heteroatoms. The summed E-state index contributed by atoms with van der Waals surface area (Å²) in [6.45, 7) is 0.872. The first kappa shape index (κ1) is 14.2. The first-order valence-corrected chi connectivity index (χ1v) is 7.94. The van der Waals surface area contributed by atoms with E-state index >= 15 is 0 Å². The molecule has 0 unspecified atom stereocenters. The number of benzene rings is 1. The average molecular weight is 288 g/mol. The number of nitrogens with two attached hydrogens (primary N) is 1. The molecule has 2 fully saturated rings. The molecule has 3 rings (SSSR count). The minimum Gasteiger partial charge on any atom is -0.497 e. The molecule has 1 aliphatic carbocycles. The van der Waals surface area contributed by atoms with Crippen molar-refractivity contribution < 1.29 is 9.53 Å². The summed E-state index contributed by atoms with van der Waals surface area (Å²) in [5, 5.41) is 0. The van der Waals surface area contributed by atoms with E-state index in [0.29, 0.717) is 29.0 Å². The average Bonchev–Trinajstić information content (AvgIpc) is 2.53. The van der Waals surface area contributed by atoms with Gasteiger partial charge in [0.05, 0.1) is 7.11 Å². The molecule has 2 N–H and O–H groups in total.